The van der Waals surface area contributed by atoms with Gasteiger partial charge in [-0.05, 0) is 6.08 Å². The Balaban J connectivity index is 2.73. The molecule has 0 amide bonds. The van der Waals surface area contributed by atoms with Crippen LogP contribution < -0.4 is 0 Å². The molecule has 0 aliphatic heterocycles. The van der Waals surface area contributed by atoms with Crippen molar-refractivity contribution in [3.8, 4) is 0 Å². The summed E-state index contributed by atoms with van der Waals surface area (Å²) >= 11 is 0. The molecule has 1 aliphatic carbocycles. The molecule has 54 valence electrons. The van der Waals surface area contributed by atoms with Crippen LogP contribution in [0, 0.1) is 11.8 Å². The summed E-state index contributed by atoms with van der Waals surface area (Å²) in [5.74, 6) is 0. The summed E-state index contributed by atoms with van der Waals surface area (Å²) in [6.07, 6.45) is 9.91. The van der Waals surface area contributed by atoms with Crippen molar-refractivity contribution in [3.05, 3.63) is 30.2 Å². The van der Waals surface area contributed by atoms with Gasteiger partial charge in [0, 0.05) is 17.4 Å². The van der Waals surface area contributed by atoms with E-state index in [1.807, 2.05) is 0 Å². The van der Waals surface area contributed by atoms with E-state index in [-0.39, 0.29) is 0 Å². The van der Waals surface area contributed by atoms with Crippen molar-refractivity contribution in [1.29, 1.82) is 0 Å². The molecular formula is C10H15+. The van der Waals surface area contributed by atoms with Crippen LogP contribution in [0.4, 0.5) is 0 Å². The standard InChI is InChI=1S/C10H15/c1-10(2,3)9-7-5-4-6-8-9/h4-5,7-8H,6H2,1-3H3/q+1. The van der Waals surface area contributed by atoms with Gasteiger partial charge in [-0.25, -0.2) is 0 Å². The first-order valence-electron chi connectivity index (χ1n) is 3.81. The van der Waals surface area contributed by atoms with Crippen LogP contribution in [0.25, 0.3) is 0 Å². The zero-order valence-corrected chi connectivity index (χ0v) is 7.02. The summed E-state index contributed by atoms with van der Waals surface area (Å²) in [4.78, 5) is 0. The Morgan fingerprint density at radius 1 is 1.40 bits per heavy atom. The lowest BCUT2D eigenvalue weighted by molar-refractivity contribution is 0.514. The van der Waals surface area contributed by atoms with Crippen LogP contribution in [0.1, 0.15) is 27.2 Å². The largest absolute Gasteiger partial charge is 0.0946 e. The summed E-state index contributed by atoms with van der Waals surface area (Å²) in [7, 11) is 0. The van der Waals surface area contributed by atoms with E-state index in [1.165, 1.54) is 5.57 Å². The Morgan fingerprint density at radius 3 is 2.40 bits per heavy atom. The van der Waals surface area contributed by atoms with Crippen molar-refractivity contribution in [3.63, 3.8) is 0 Å². The molecule has 0 bridgehead atoms. The summed E-state index contributed by atoms with van der Waals surface area (Å²) in [6, 6.07) is 0. The Labute approximate surface area is 63.6 Å². The molecule has 1 rings (SSSR count). The molecule has 0 heteroatoms. The zero-order valence-electron chi connectivity index (χ0n) is 7.02. The third-order valence-electron chi connectivity index (χ3n) is 1.75. The topological polar surface area (TPSA) is 0 Å². The number of allylic oxidation sites excluding steroid dienone is 4. The lowest BCUT2D eigenvalue weighted by atomic mass is 9.84. The van der Waals surface area contributed by atoms with Crippen LogP contribution in [-0.4, -0.2) is 0 Å². The summed E-state index contributed by atoms with van der Waals surface area (Å²) in [5, 5.41) is 0. The molecule has 0 saturated heterocycles. The van der Waals surface area contributed by atoms with Crippen molar-refractivity contribution in [1.82, 2.24) is 0 Å². The van der Waals surface area contributed by atoms with E-state index in [2.05, 4.69) is 45.4 Å². The van der Waals surface area contributed by atoms with Gasteiger partial charge in [-0.15, -0.1) is 0 Å². The van der Waals surface area contributed by atoms with Gasteiger partial charge in [0.05, 0.1) is 18.6 Å². The predicted octanol–water partition coefficient (Wildman–Crippen LogP) is 3.12. The first-order chi connectivity index (χ1) is 4.61. The van der Waals surface area contributed by atoms with E-state index < -0.39 is 0 Å². The second kappa shape index (κ2) is 2.53. The van der Waals surface area contributed by atoms with Gasteiger partial charge < -0.3 is 0 Å². The molecule has 0 spiro atoms. The number of hydrogen-bond acceptors (Lipinski definition) is 0. The molecule has 0 aromatic rings. The second-order valence-corrected chi connectivity index (χ2v) is 3.74. The smallest absolute Gasteiger partial charge is 0.0543 e. The van der Waals surface area contributed by atoms with Gasteiger partial charge in [-0.2, -0.15) is 0 Å². The molecule has 0 aromatic carbocycles. The molecule has 0 aromatic heterocycles. The van der Waals surface area contributed by atoms with Gasteiger partial charge >= 0.3 is 0 Å². The Bertz CT molecular complexity index is 165. The lowest BCUT2D eigenvalue weighted by Crippen LogP contribution is -2.08. The van der Waals surface area contributed by atoms with Crippen LogP contribution in [0.3, 0.4) is 0 Å². The fraction of sp³-hybridized carbons (Fsp3) is 0.500. The monoisotopic (exact) mass is 135 g/mol. The Morgan fingerprint density at radius 2 is 2.10 bits per heavy atom. The molecule has 0 radical (unpaired) electrons. The first kappa shape index (κ1) is 7.46. The SMILES string of the molecule is CC(C)(C)C1=CC[CH+]C=C1. The maximum atomic E-state index is 2.29. The van der Waals surface area contributed by atoms with Crippen LogP contribution in [0.15, 0.2) is 23.8 Å². The highest BCUT2D eigenvalue weighted by Crippen LogP contribution is 2.28. The van der Waals surface area contributed by atoms with E-state index in [1.54, 1.807) is 0 Å². The fourth-order valence-corrected chi connectivity index (χ4v) is 1.07. The van der Waals surface area contributed by atoms with Crippen LogP contribution in [0.5, 0.6) is 0 Å². The van der Waals surface area contributed by atoms with Crippen molar-refractivity contribution < 1.29 is 0 Å². The fourth-order valence-electron chi connectivity index (χ4n) is 1.07. The van der Waals surface area contributed by atoms with Crippen molar-refractivity contribution >= 4 is 0 Å². The van der Waals surface area contributed by atoms with E-state index in [0.717, 1.165) is 6.42 Å². The molecule has 10 heavy (non-hydrogen) atoms. The minimum absolute atomic E-state index is 0.324. The molecule has 0 unspecified atom stereocenters. The highest BCUT2D eigenvalue weighted by Gasteiger charge is 2.19. The van der Waals surface area contributed by atoms with E-state index in [0.29, 0.717) is 5.41 Å². The van der Waals surface area contributed by atoms with E-state index in [9.17, 15) is 0 Å². The average molecular weight is 135 g/mol. The van der Waals surface area contributed by atoms with Crippen molar-refractivity contribution in [2.45, 2.75) is 27.2 Å². The van der Waals surface area contributed by atoms with Crippen molar-refractivity contribution in [2.75, 3.05) is 0 Å². The predicted molar refractivity (Wildman–Crippen MR) is 45.6 cm³/mol. The Kier molecular flexibility index (Phi) is 1.89. The quantitative estimate of drug-likeness (QED) is 0.448. The van der Waals surface area contributed by atoms with Gasteiger partial charge in [0.2, 0.25) is 0 Å². The highest BCUT2D eigenvalue weighted by atomic mass is 14.2. The minimum Gasteiger partial charge on any atom is -0.0543 e. The first-order valence-corrected chi connectivity index (χ1v) is 3.81. The summed E-state index contributed by atoms with van der Waals surface area (Å²) < 4.78 is 0. The minimum atomic E-state index is 0.324. The molecule has 1 aliphatic rings. The molecular weight excluding hydrogens is 120 g/mol. The Hall–Kier alpha value is -0.650. The maximum absolute atomic E-state index is 2.29. The third-order valence-corrected chi connectivity index (χ3v) is 1.75. The number of hydrogen-bond donors (Lipinski definition) is 0. The second-order valence-electron chi connectivity index (χ2n) is 3.74. The number of rotatable bonds is 0. The summed E-state index contributed by atoms with van der Waals surface area (Å²) in [6.45, 7) is 6.73. The van der Waals surface area contributed by atoms with Gasteiger partial charge in [-0.3, -0.25) is 0 Å². The molecule has 0 fully saturated rings. The van der Waals surface area contributed by atoms with Crippen LogP contribution in [0.2, 0.25) is 0 Å². The van der Waals surface area contributed by atoms with Gasteiger partial charge in [0.25, 0.3) is 0 Å². The summed E-state index contributed by atoms with van der Waals surface area (Å²) in [5.41, 5.74) is 1.78. The zero-order chi connectivity index (χ0) is 7.61. The van der Waals surface area contributed by atoms with Crippen LogP contribution >= 0.6 is 0 Å². The van der Waals surface area contributed by atoms with Gasteiger partial charge in [0.15, 0.2) is 0 Å². The lowest BCUT2D eigenvalue weighted by Gasteiger charge is -2.17. The average Bonchev–Trinajstić information content (AvgIpc) is 1.88. The highest BCUT2D eigenvalue weighted by molar-refractivity contribution is 5.30. The van der Waals surface area contributed by atoms with Crippen molar-refractivity contribution in [2.24, 2.45) is 5.41 Å². The molecule has 0 saturated carbocycles. The van der Waals surface area contributed by atoms with Gasteiger partial charge in [0.1, 0.15) is 0 Å². The normalized spacial score (nSPS) is 18.1. The third kappa shape index (κ3) is 1.66. The van der Waals surface area contributed by atoms with E-state index in [4.69, 9.17) is 0 Å². The van der Waals surface area contributed by atoms with Gasteiger partial charge in [-0.1, -0.05) is 20.8 Å². The van der Waals surface area contributed by atoms with E-state index >= 15 is 0 Å². The molecule has 0 nitrogen and oxygen atoms in total. The molecule has 0 atom stereocenters. The molecule has 0 heterocycles. The van der Waals surface area contributed by atoms with Crippen LogP contribution in [-0.2, 0) is 0 Å². The molecule has 0 N–H and O–H groups in total. The maximum Gasteiger partial charge on any atom is 0.0946 e.